The Hall–Kier alpha value is -2.00. The molecule has 2 saturated heterocycles. The molecule has 27 heavy (non-hydrogen) atoms. The second kappa shape index (κ2) is 8.35. The molecule has 4 N–H and O–H groups in total. The highest BCUT2D eigenvalue weighted by Gasteiger charge is 2.50. The second-order valence-electron chi connectivity index (χ2n) is 7.24. The van der Waals surface area contributed by atoms with Crippen molar-refractivity contribution in [2.75, 3.05) is 13.1 Å². The fourth-order valence-electron chi connectivity index (χ4n) is 3.92. The van der Waals surface area contributed by atoms with E-state index in [1.54, 1.807) is 0 Å². The molecule has 1 aromatic rings. The van der Waals surface area contributed by atoms with Crippen LogP contribution in [-0.4, -0.2) is 81.7 Å². The van der Waals surface area contributed by atoms with Crippen molar-refractivity contribution in [3.63, 3.8) is 0 Å². The number of carbonyl (C=O) groups is 2. The lowest BCUT2D eigenvalue weighted by atomic mass is 9.93. The number of rotatable bonds is 5. The van der Waals surface area contributed by atoms with Crippen LogP contribution in [0.1, 0.15) is 18.9 Å². The minimum absolute atomic E-state index is 0.218. The smallest absolute Gasteiger partial charge is 0.329 e. The molecule has 2 heterocycles. The monoisotopic (exact) mass is 378 g/mol. The summed E-state index contributed by atoms with van der Waals surface area (Å²) in [5, 5.41) is 32.7. The molecule has 0 unspecified atom stereocenters. The van der Waals surface area contributed by atoms with Gasteiger partial charge in [0.05, 0.1) is 12.1 Å². The topological polar surface area (TPSA) is 119 Å². The quantitative estimate of drug-likeness (QED) is 0.476. The normalized spacial score (nSPS) is 31.8. The van der Waals surface area contributed by atoms with Crippen molar-refractivity contribution >= 4 is 11.9 Å². The van der Waals surface area contributed by atoms with E-state index in [4.69, 9.17) is 4.74 Å². The minimum Gasteiger partial charge on any atom is -0.459 e. The third kappa shape index (κ3) is 4.47. The van der Waals surface area contributed by atoms with E-state index in [1.807, 2.05) is 35.2 Å². The molecule has 148 valence electrons. The number of aliphatic hydroxyl groups is 3. The van der Waals surface area contributed by atoms with Crippen LogP contribution in [0, 0.1) is 0 Å². The molecule has 2 fully saturated rings. The SMILES string of the molecule is CC(=O)N[C@@H](Cc1ccccc1)C(=O)O[C@H]1CCN2C[C@H](O)[C@@H](O)[C@H](O)[C@@H]12. The molecule has 8 nitrogen and oxygen atoms in total. The molecule has 1 amide bonds. The van der Waals surface area contributed by atoms with E-state index in [0.29, 0.717) is 19.4 Å². The predicted octanol–water partition coefficient (Wildman–Crippen LogP) is -1.18. The zero-order valence-corrected chi connectivity index (χ0v) is 15.2. The van der Waals surface area contributed by atoms with E-state index in [0.717, 1.165) is 5.56 Å². The lowest BCUT2D eigenvalue weighted by Crippen LogP contribution is -2.62. The van der Waals surface area contributed by atoms with Crippen LogP contribution in [0.4, 0.5) is 0 Å². The first kappa shape index (κ1) is 19.8. The second-order valence-corrected chi connectivity index (χ2v) is 7.24. The van der Waals surface area contributed by atoms with Gasteiger partial charge in [-0.3, -0.25) is 9.69 Å². The first-order chi connectivity index (χ1) is 12.9. The molecule has 3 rings (SSSR count). The van der Waals surface area contributed by atoms with Crippen LogP contribution in [0.2, 0.25) is 0 Å². The van der Waals surface area contributed by atoms with Crippen molar-refractivity contribution in [1.29, 1.82) is 0 Å². The average Bonchev–Trinajstić information content (AvgIpc) is 3.02. The molecule has 0 saturated carbocycles. The fourth-order valence-corrected chi connectivity index (χ4v) is 3.92. The number of benzene rings is 1. The van der Waals surface area contributed by atoms with Gasteiger partial charge in [0.15, 0.2) is 0 Å². The van der Waals surface area contributed by atoms with Gasteiger partial charge < -0.3 is 25.4 Å². The number of hydrogen-bond donors (Lipinski definition) is 4. The average molecular weight is 378 g/mol. The standard InChI is InChI=1S/C19H26N2O6/c1-11(22)20-13(9-12-5-3-2-4-6-12)19(26)27-15-7-8-21-10-14(23)17(24)18(25)16(15)21/h2-6,13-18,23-25H,7-10H2,1H3,(H,20,22)/t13-,14-,15-,16+,17+,18+/m0/s1. The summed E-state index contributed by atoms with van der Waals surface area (Å²) in [7, 11) is 0. The van der Waals surface area contributed by atoms with Gasteiger partial charge in [0.1, 0.15) is 24.4 Å². The molecule has 6 atom stereocenters. The van der Waals surface area contributed by atoms with Crippen LogP contribution in [-0.2, 0) is 20.7 Å². The number of amides is 1. The predicted molar refractivity (Wildman–Crippen MR) is 95.6 cm³/mol. The van der Waals surface area contributed by atoms with Gasteiger partial charge >= 0.3 is 5.97 Å². The molecule has 0 aliphatic carbocycles. The highest BCUT2D eigenvalue weighted by atomic mass is 16.5. The third-order valence-corrected chi connectivity index (χ3v) is 5.23. The summed E-state index contributed by atoms with van der Waals surface area (Å²) in [6.45, 7) is 2.11. The number of fused-ring (bicyclic) bond motifs is 1. The molecule has 0 spiro atoms. The number of piperidine rings is 1. The highest BCUT2D eigenvalue weighted by Crippen LogP contribution is 2.30. The minimum atomic E-state index is -1.28. The van der Waals surface area contributed by atoms with Gasteiger partial charge in [0.2, 0.25) is 5.91 Å². The van der Waals surface area contributed by atoms with Crippen LogP contribution in [0.3, 0.4) is 0 Å². The van der Waals surface area contributed by atoms with Gasteiger partial charge in [0, 0.05) is 26.4 Å². The number of esters is 1. The van der Waals surface area contributed by atoms with Crippen LogP contribution in [0.25, 0.3) is 0 Å². The van der Waals surface area contributed by atoms with Gasteiger partial charge in [-0.1, -0.05) is 30.3 Å². The summed E-state index contributed by atoms with van der Waals surface area (Å²) in [5.74, 6) is -0.911. The Morgan fingerprint density at radius 2 is 1.93 bits per heavy atom. The number of nitrogens with one attached hydrogen (secondary N) is 1. The molecular weight excluding hydrogens is 352 g/mol. The summed E-state index contributed by atoms with van der Waals surface area (Å²) in [6.07, 6.45) is -3.34. The Balaban J connectivity index is 1.68. The van der Waals surface area contributed by atoms with Crippen molar-refractivity contribution < 1.29 is 29.6 Å². The van der Waals surface area contributed by atoms with Crippen LogP contribution >= 0.6 is 0 Å². The molecule has 0 aromatic heterocycles. The number of hydrogen-bond acceptors (Lipinski definition) is 7. The number of nitrogens with zero attached hydrogens (tertiary/aromatic N) is 1. The Kier molecular flexibility index (Phi) is 6.11. The fraction of sp³-hybridized carbons (Fsp3) is 0.579. The molecule has 2 aliphatic heterocycles. The van der Waals surface area contributed by atoms with Crippen LogP contribution in [0.5, 0.6) is 0 Å². The zero-order chi connectivity index (χ0) is 19.6. The van der Waals surface area contributed by atoms with Crippen molar-refractivity contribution in [3.05, 3.63) is 35.9 Å². The summed E-state index contributed by atoms with van der Waals surface area (Å²) in [4.78, 5) is 26.1. The number of carbonyl (C=O) groups excluding carboxylic acids is 2. The molecule has 2 aliphatic rings. The van der Waals surface area contributed by atoms with Crippen molar-refractivity contribution in [2.24, 2.45) is 0 Å². The van der Waals surface area contributed by atoms with Gasteiger partial charge in [0.25, 0.3) is 0 Å². The van der Waals surface area contributed by atoms with E-state index in [9.17, 15) is 24.9 Å². The summed E-state index contributed by atoms with van der Waals surface area (Å²) >= 11 is 0. The maximum atomic E-state index is 12.7. The molecule has 0 radical (unpaired) electrons. The Morgan fingerprint density at radius 3 is 2.59 bits per heavy atom. The van der Waals surface area contributed by atoms with E-state index in [1.165, 1.54) is 6.92 Å². The van der Waals surface area contributed by atoms with Gasteiger partial charge in [-0.15, -0.1) is 0 Å². The Bertz CT molecular complexity index is 669. The summed E-state index contributed by atoms with van der Waals surface area (Å²) in [6, 6.07) is 7.89. The van der Waals surface area contributed by atoms with Crippen molar-refractivity contribution in [2.45, 2.75) is 56.3 Å². The number of ether oxygens (including phenoxy) is 1. The van der Waals surface area contributed by atoms with Gasteiger partial charge in [-0.25, -0.2) is 4.79 Å². The Morgan fingerprint density at radius 1 is 1.22 bits per heavy atom. The first-order valence-electron chi connectivity index (χ1n) is 9.16. The molecule has 8 heteroatoms. The van der Waals surface area contributed by atoms with Crippen molar-refractivity contribution in [1.82, 2.24) is 10.2 Å². The molecule has 1 aromatic carbocycles. The van der Waals surface area contributed by atoms with E-state index >= 15 is 0 Å². The van der Waals surface area contributed by atoms with E-state index in [2.05, 4.69) is 5.32 Å². The summed E-state index contributed by atoms with van der Waals surface area (Å²) in [5.41, 5.74) is 0.887. The molecule has 0 bridgehead atoms. The number of aliphatic hydroxyl groups excluding tert-OH is 3. The summed E-state index contributed by atoms with van der Waals surface area (Å²) < 4.78 is 5.62. The lowest BCUT2D eigenvalue weighted by Gasteiger charge is -2.41. The maximum Gasteiger partial charge on any atom is 0.329 e. The lowest BCUT2D eigenvalue weighted by molar-refractivity contribution is -0.167. The van der Waals surface area contributed by atoms with Crippen LogP contribution < -0.4 is 5.32 Å². The van der Waals surface area contributed by atoms with Gasteiger partial charge in [-0.2, -0.15) is 0 Å². The van der Waals surface area contributed by atoms with E-state index < -0.39 is 42.5 Å². The van der Waals surface area contributed by atoms with Crippen molar-refractivity contribution in [3.8, 4) is 0 Å². The van der Waals surface area contributed by atoms with Gasteiger partial charge in [-0.05, 0) is 12.0 Å². The largest absolute Gasteiger partial charge is 0.459 e. The van der Waals surface area contributed by atoms with E-state index in [-0.39, 0.29) is 12.5 Å². The zero-order valence-electron chi connectivity index (χ0n) is 15.2. The Labute approximate surface area is 157 Å². The maximum absolute atomic E-state index is 12.7. The highest BCUT2D eigenvalue weighted by molar-refractivity contribution is 5.83. The first-order valence-corrected chi connectivity index (χ1v) is 9.16. The van der Waals surface area contributed by atoms with Crippen LogP contribution in [0.15, 0.2) is 30.3 Å². The third-order valence-electron chi connectivity index (χ3n) is 5.23. The molecular formula is C19H26N2O6.